The Kier molecular flexibility index (Phi) is 4.84. The maximum absolute atomic E-state index is 11.7. The fourth-order valence-electron chi connectivity index (χ4n) is 1.29. The maximum atomic E-state index is 11.7. The molecule has 0 unspecified atom stereocenters. The summed E-state index contributed by atoms with van der Waals surface area (Å²) in [5.74, 6) is -0.392. The van der Waals surface area contributed by atoms with E-state index in [1.165, 1.54) is 16.8 Å². The predicted octanol–water partition coefficient (Wildman–Crippen LogP) is -0.236. The van der Waals surface area contributed by atoms with Gasteiger partial charge in [-0.15, -0.1) is 0 Å². The van der Waals surface area contributed by atoms with Gasteiger partial charge in [0.15, 0.2) is 0 Å². The Morgan fingerprint density at radius 2 is 2.29 bits per heavy atom. The van der Waals surface area contributed by atoms with E-state index in [0.717, 1.165) is 6.42 Å². The van der Waals surface area contributed by atoms with Crippen molar-refractivity contribution in [2.45, 2.75) is 32.9 Å². The SMILES string of the molecule is CCCn1nc(C(=O)N[C@@H](C)CO)ccc1=O. The van der Waals surface area contributed by atoms with Crippen LogP contribution in [0, 0.1) is 0 Å². The molecule has 2 N–H and O–H groups in total. The molecule has 0 aliphatic carbocycles. The van der Waals surface area contributed by atoms with E-state index in [9.17, 15) is 9.59 Å². The minimum atomic E-state index is -0.392. The van der Waals surface area contributed by atoms with Crippen LogP contribution in [0.1, 0.15) is 30.8 Å². The largest absolute Gasteiger partial charge is 0.394 e. The lowest BCUT2D eigenvalue weighted by Gasteiger charge is -2.10. The molecule has 1 rings (SSSR count). The second-order valence-corrected chi connectivity index (χ2v) is 3.84. The van der Waals surface area contributed by atoms with E-state index >= 15 is 0 Å². The van der Waals surface area contributed by atoms with Crippen molar-refractivity contribution < 1.29 is 9.90 Å². The summed E-state index contributed by atoms with van der Waals surface area (Å²) in [6, 6.07) is 2.37. The Labute approximate surface area is 99.3 Å². The number of aromatic nitrogens is 2. The Morgan fingerprint density at radius 3 is 2.88 bits per heavy atom. The number of hydrogen-bond donors (Lipinski definition) is 2. The standard InChI is InChI=1S/C11H17N3O3/c1-3-6-14-10(16)5-4-9(13-14)11(17)12-8(2)7-15/h4-5,8,15H,3,6-7H2,1-2H3,(H,12,17)/t8-/m0/s1. The lowest BCUT2D eigenvalue weighted by atomic mass is 10.3. The minimum Gasteiger partial charge on any atom is -0.394 e. The van der Waals surface area contributed by atoms with Crippen LogP contribution < -0.4 is 10.9 Å². The lowest BCUT2D eigenvalue weighted by molar-refractivity contribution is 0.0914. The lowest BCUT2D eigenvalue weighted by Crippen LogP contribution is -2.36. The quantitative estimate of drug-likeness (QED) is 0.743. The highest BCUT2D eigenvalue weighted by molar-refractivity contribution is 5.92. The summed E-state index contributed by atoms with van der Waals surface area (Å²) in [5.41, 5.74) is -0.0445. The minimum absolute atomic E-state index is 0.139. The van der Waals surface area contributed by atoms with Crippen molar-refractivity contribution in [1.29, 1.82) is 0 Å². The number of carbonyl (C=O) groups is 1. The van der Waals surface area contributed by atoms with E-state index in [4.69, 9.17) is 5.11 Å². The van der Waals surface area contributed by atoms with Crippen LogP contribution in [0.15, 0.2) is 16.9 Å². The summed E-state index contributed by atoms with van der Waals surface area (Å²) in [6.07, 6.45) is 0.769. The number of hydrogen-bond acceptors (Lipinski definition) is 4. The number of nitrogens with one attached hydrogen (secondary N) is 1. The summed E-state index contributed by atoms with van der Waals surface area (Å²) in [6.45, 7) is 3.95. The molecular weight excluding hydrogens is 222 g/mol. The smallest absolute Gasteiger partial charge is 0.272 e. The Hall–Kier alpha value is -1.69. The van der Waals surface area contributed by atoms with E-state index in [1.807, 2.05) is 6.92 Å². The summed E-state index contributed by atoms with van der Waals surface area (Å²) < 4.78 is 1.26. The van der Waals surface area contributed by atoms with Crippen molar-refractivity contribution in [1.82, 2.24) is 15.1 Å². The molecule has 6 heteroatoms. The van der Waals surface area contributed by atoms with Gasteiger partial charge in [-0.1, -0.05) is 6.92 Å². The van der Waals surface area contributed by atoms with Crippen LogP contribution in [-0.4, -0.2) is 33.4 Å². The van der Waals surface area contributed by atoms with Crippen LogP contribution in [0.4, 0.5) is 0 Å². The number of nitrogens with zero attached hydrogens (tertiary/aromatic N) is 2. The Bertz CT molecular complexity index is 442. The molecule has 0 aliphatic heterocycles. The van der Waals surface area contributed by atoms with E-state index in [0.29, 0.717) is 6.54 Å². The molecule has 0 fully saturated rings. The molecular formula is C11H17N3O3. The number of carbonyl (C=O) groups excluding carboxylic acids is 1. The summed E-state index contributed by atoms with van der Waals surface area (Å²) in [5, 5.41) is 15.4. The molecule has 0 aliphatic rings. The van der Waals surface area contributed by atoms with Crippen LogP contribution in [0.2, 0.25) is 0 Å². The zero-order chi connectivity index (χ0) is 12.8. The monoisotopic (exact) mass is 239 g/mol. The van der Waals surface area contributed by atoms with Crippen molar-refractivity contribution in [3.8, 4) is 0 Å². The van der Waals surface area contributed by atoms with Gasteiger partial charge in [0.05, 0.1) is 6.61 Å². The fraction of sp³-hybridized carbons (Fsp3) is 0.545. The molecule has 17 heavy (non-hydrogen) atoms. The predicted molar refractivity (Wildman–Crippen MR) is 62.8 cm³/mol. The van der Waals surface area contributed by atoms with Crippen LogP contribution in [0.3, 0.4) is 0 Å². The van der Waals surface area contributed by atoms with Gasteiger partial charge >= 0.3 is 0 Å². The van der Waals surface area contributed by atoms with E-state index in [-0.39, 0.29) is 23.9 Å². The molecule has 1 amide bonds. The number of amides is 1. The number of rotatable bonds is 5. The van der Waals surface area contributed by atoms with E-state index < -0.39 is 5.91 Å². The molecule has 94 valence electrons. The van der Waals surface area contributed by atoms with Crippen molar-refractivity contribution in [3.63, 3.8) is 0 Å². The number of aliphatic hydroxyl groups is 1. The third-order valence-electron chi connectivity index (χ3n) is 2.19. The van der Waals surface area contributed by atoms with Crippen LogP contribution in [0.5, 0.6) is 0 Å². The highest BCUT2D eigenvalue weighted by Crippen LogP contribution is 1.93. The highest BCUT2D eigenvalue weighted by Gasteiger charge is 2.11. The number of aryl methyl sites for hydroxylation is 1. The third kappa shape index (κ3) is 3.67. The summed E-state index contributed by atoms with van der Waals surface area (Å²) >= 11 is 0. The van der Waals surface area contributed by atoms with Crippen LogP contribution >= 0.6 is 0 Å². The van der Waals surface area contributed by atoms with Crippen molar-refractivity contribution >= 4 is 5.91 Å². The molecule has 1 heterocycles. The van der Waals surface area contributed by atoms with Gasteiger partial charge in [-0.05, 0) is 19.4 Å². The average Bonchev–Trinajstić information content (AvgIpc) is 2.32. The highest BCUT2D eigenvalue weighted by atomic mass is 16.3. The molecule has 0 aromatic carbocycles. The Balaban J connectivity index is 2.87. The van der Waals surface area contributed by atoms with Gasteiger partial charge in [0.25, 0.3) is 11.5 Å². The molecule has 6 nitrogen and oxygen atoms in total. The molecule has 0 radical (unpaired) electrons. The summed E-state index contributed by atoms with van der Waals surface area (Å²) in [7, 11) is 0. The van der Waals surface area contributed by atoms with Gasteiger partial charge in [-0.2, -0.15) is 5.10 Å². The van der Waals surface area contributed by atoms with Gasteiger partial charge in [0.1, 0.15) is 5.69 Å². The normalized spacial score (nSPS) is 12.2. The van der Waals surface area contributed by atoms with Gasteiger partial charge in [-0.3, -0.25) is 9.59 Å². The molecule has 0 saturated heterocycles. The first kappa shape index (κ1) is 13.4. The first-order chi connectivity index (χ1) is 8.08. The summed E-state index contributed by atoms with van der Waals surface area (Å²) in [4.78, 5) is 23.1. The molecule has 1 aromatic heterocycles. The van der Waals surface area contributed by atoms with Gasteiger partial charge in [0.2, 0.25) is 0 Å². The van der Waals surface area contributed by atoms with Gasteiger partial charge in [-0.25, -0.2) is 4.68 Å². The fourth-order valence-corrected chi connectivity index (χ4v) is 1.29. The van der Waals surface area contributed by atoms with Gasteiger partial charge in [0, 0.05) is 18.7 Å². The number of aliphatic hydroxyl groups excluding tert-OH is 1. The topological polar surface area (TPSA) is 84.2 Å². The second-order valence-electron chi connectivity index (χ2n) is 3.84. The van der Waals surface area contributed by atoms with Crippen molar-refractivity contribution in [2.75, 3.05) is 6.61 Å². The van der Waals surface area contributed by atoms with Crippen LogP contribution in [0.25, 0.3) is 0 Å². The Morgan fingerprint density at radius 1 is 1.59 bits per heavy atom. The first-order valence-corrected chi connectivity index (χ1v) is 5.58. The maximum Gasteiger partial charge on any atom is 0.272 e. The first-order valence-electron chi connectivity index (χ1n) is 5.58. The second kappa shape index (κ2) is 6.15. The molecule has 0 saturated carbocycles. The zero-order valence-corrected chi connectivity index (χ0v) is 10.0. The molecule has 1 aromatic rings. The van der Waals surface area contributed by atoms with Gasteiger partial charge < -0.3 is 10.4 Å². The van der Waals surface area contributed by atoms with Crippen LogP contribution in [-0.2, 0) is 6.54 Å². The zero-order valence-electron chi connectivity index (χ0n) is 10.0. The van der Waals surface area contributed by atoms with E-state index in [2.05, 4.69) is 10.4 Å². The van der Waals surface area contributed by atoms with E-state index in [1.54, 1.807) is 6.92 Å². The molecule has 0 spiro atoms. The average molecular weight is 239 g/mol. The molecule has 0 bridgehead atoms. The third-order valence-corrected chi connectivity index (χ3v) is 2.19. The van der Waals surface area contributed by atoms with Crippen molar-refractivity contribution in [3.05, 3.63) is 28.2 Å². The van der Waals surface area contributed by atoms with Crippen molar-refractivity contribution in [2.24, 2.45) is 0 Å². The molecule has 1 atom stereocenters.